The molecule has 0 spiro atoms. The lowest BCUT2D eigenvalue weighted by atomic mass is 10.1. The van der Waals surface area contributed by atoms with Crippen molar-refractivity contribution in [1.29, 1.82) is 0 Å². The first-order valence-electron chi connectivity index (χ1n) is 4.35. The highest BCUT2D eigenvalue weighted by molar-refractivity contribution is 5.67. The SMILES string of the molecule is CCNCCCC(N)CC(=O)O. The zero-order valence-corrected chi connectivity index (χ0v) is 7.55. The summed E-state index contributed by atoms with van der Waals surface area (Å²) in [6.07, 6.45) is 1.80. The van der Waals surface area contributed by atoms with Gasteiger partial charge in [0, 0.05) is 6.04 Å². The summed E-state index contributed by atoms with van der Waals surface area (Å²) in [6, 6.07) is -0.193. The van der Waals surface area contributed by atoms with Crippen molar-refractivity contribution in [3.63, 3.8) is 0 Å². The monoisotopic (exact) mass is 174 g/mol. The van der Waals surface area contributed by atoms with Crippen molar-refractivity contribution in [1.82, 2.24) is 5.32 Å². The minimum Gasteiger partial charge on any atom is -0.481 e. The second-order valence-electron chi connectivity index (χ2n) is 2.85. The van der Waals surface area contributed by atoms with E-state index in [-0.39, 0.29) is 12.5 Å². The van der Waals surface area contributed by atoms with Gasteiger partial charge in [0.25, 0.3) is 0 Å². The maximum Gasteiger partial charge on any atom is 0.304 e. The van der Waals surface area contributed by atoms with Gasteiger partial charge in [0.05, 0.1) is 6.42 Å². The number of nitrogens with two attached hydrogens (primary N) is 1. The average Bonchev–Trinajstić information content (AvgIpc) is 1.97. The van der Waals surface area contributed by atoms with Crippen molar-refractivity contribution >= 4 is 5.97 Å². The number of rotatable bonds is 7. The second kappa shape index (κ2) is 7.06. The highest BCUT2D eigenvalue weighted by Gasteiger charge is 2.06. The van der Waals surface area contributed by atoms with Gasteiger partial charge in [-0.1, -0.05) is 6.92 Å². The molecule has 0 aliphatic heterocycles. The Morgan fingerprint density at radius 2 is 2.33 bits per heavy atom. The number of carboxylic acid groups (broad SMARTS) is 1. The van der Waals surface area contributed by atoms with Crippen molar-refractivity contribution < 1.29 is 9.90 Å². The molecule has 0 aliphatic carbocycles. The van der Waals surface area contributed by atoms with Gasteiger partial charge in [-0.25, -0.2) is 0 Å². The molecular formula is C8H18N2O2. The van der Waals surface area contributed by atoms with Crippen LogP contribution in [0.25, 0.3) is 0 Å². The summed E-state index contributed by atoms with van der Waals surface area (Å²) >= 11 is 0. The van der Waals surface area contributed by atoms with E-state index >= 15 is 0 Å². The van der Waals surface area contributed by atoms with E-state index in [4.69, 9.17) is 10.8 Å². The summed E-state index contributed by atoms with van der Waals surface area (Å²) in [4.78, 5) is 10.2. The van der Waals surface area contributed by atoms with Crippen LogP contribution in [0, 0.1) is 0 Å². The Morgan fingerprint density at radius 1 is 1.67 bits per heavy atom. The molecule has 0 radical (unpaired) electrons. The van der Waals surface area contributed by atoms with Crippen molar-refractivity contribution in [2.75, 3.05) is 13.1 Å². The molecule has 0 bridgehead atoms. The van der Waals surface area contributed by atoms with E-state index in [1.54, 1.807) is 0 Å². The quantitative estimate of drug-likeness (QED) is 0.481. The molecule has 12 heavy (non-hydrogen) atoms. The average molecular weight is 174 g/mol. The minimum absolute atomic E-state index is 0.0755. The maximum atomic E-state index is 10.2. The lowest BCUT2D eigenvalue weighted by Gasteiger charge is -2.07. The predicted molar refractivity (Wildman–Crippen MR) is 48.0 cm³/mol. The van der Waals surface area contributed by atoms with Crippen LogP contribution >= 0.6 is 0 Å². The van der Waals surface area contributed by atoms with Crippen molar-refractivity contribution in [2.45, 2.75) is 32.2 Å². The highest BCUT2D eigenvalue weighted by Crippen LogP contribution is 1.97. The van der Waals surface area contributed by atoms with Gasteiger partial charge in [0.15, 0.2) is 0 Å². The third kappa shape index (κ3) is 7.50. The number of carbonyl (C=O) groups is 1. The predicted octanol–water partition coefficient (Wildman–Crippen LogP) is 0.178. The molecule has 1 atom stereocenters. The van der Waals surface area contributed by atoms with E-state index in [0.29, 0.717) is 0 Å². The molecule has 0 aromatic heterocycles. The summed E-state index contributed by atoms with van der Waals surface area (Å²) in [7, 11) is 0. The number of hydrogen-bond donors (Lipinski definition) is 3. The van der Waals surface area contributed by atoms with Gasteiger partial charge < -0.3 is 16.2 Å². The van der Waals surface area contributed by atoms with E-state index in [9.17, 15) is 4.79 Å². The number of aliphatic carboxylic acids is 1. The van der Waals surface area contributed by atoms with E-state index < -0.39 is 5.97 Å². The molecule has 4 nitrogen and oxygen atoms in total. The van der Waals surface area contributed by atoms with Gasteiger partial charge in [-0.3, -0.25) is 4.79 Å². The first-order valence-corrected chi connectivity index (χ1v) is 4.35. The van der Waals surface area contributed by atoms with E-state index in [2.05, 4.69) is 5.32 Å². The van der Waals surface area contributed by atoms with Crippen molar-refractivity contribution in [2.24, 2.45) is 5.73 Å². The molecule has 0 saturated carbocycles. The summed E-state index contributed by atoms with van der Waals surface area (Å²) in [5.41, 5.74) is 5.55. The normalized spacial score (nSPS) is 12.8. The molecule has 0 amide bonds. The van der Waals surface area contributed by atoms with Crippen LogP contribution in [0.5, 0.6) is 0 Å². The molecular weight excluding hydrogens is 156 g/mol. The van der Waals surface area contributed by atoms with Gasteiger partial charge in [-0.05, 0) is 25.9 Å². The van der Waals surface area contributed by atoms with Gasteiger partial charge in [0.1, 0.15) is 0 Å². The summed E-state index contributed by atoms with van der Waals surface area (Å²) in [5, 5.41) is 11.5. The van der Waals surface area contributed by atoms with Gasteiger partial charge in [-0.2, -0.15) is 0 Å². The fourth-order valence-corrected chi connectivity index (χ4v) is 0.992. The number of hydrogen-bond acceptors (Lipinski definition) is 3. The summed E-state index contributed by atoms with van der Waals surface area (Å²) < 4.78 is 0. The lowest BCUT2D eigenvalue weighted by molar-refractivity contribution is -0.137. The Kier molecular flexibility index (Phi) is 6.70. The van der Waals surface area contributed by atoms with Crippen LogP contribution < -0.4 is 11.1 Å². The Morgan fingerprint density at radius 3 is 2.83 bits per heavy atom. The lowest BCUT2D eigenvalue weighted by Crippen LogP contribution is -2.25. The zero-order valence-electron chi connectivity index (χ0n) is 7.55. The van der Waals surface area contributed by atoms with Crippen LogP contribution in [-0.2, 0) is 4.79 Å². The molecule has 1 unspecified atom stereocenters. The standard InChI is InChI=1S/C8H18N2O2/c1-2-10-5-3-4-7(9)6-8(11)12/h7,10H,2-6,9H2,1H3,(H,11,12). The fourth-order valence-electron chi connectivity index (χ4n) is 0.992. The second-order valence-corrected chi connectivity index (χ2v) is 2.85. The molecule has 4 heteroatoms. The molecule has 0 fully saturated rings. The molecule has 0 rings (SSSR count). The molecule has 72 valence electrons. The third-order valence-corrected chi connectivity index (χ3v) is 1.62. The number of nitrogens with one attached hydrogen (secondary N) is 1. The van der Waals surface area contributed by atoms with E-state index in [1.807, 2.05) is 6.92 Å². The van der Waals surface area contributed by atoms with Crippen molar-refractivity contribution in [3.05, 3.63) is 0 Å². The first-order chi connectivity index (χ1) is 5.66. The van der Waals surface area contributed by atoms with Crippen LogP contribution in [-0.4, -0.2) is 30.2 Å². The summed E-state index contributed by atoms with van der Waals surface area (Å²) in [6.45, 7) is 3.91. The van der Waals surface area contributed by atoms with Gasteiger partial charge in [0.2, 0.25) is 0 Å². The van der Waals surface area contributed by atoms with Crippen LogP contribution in [0.2, 0.25) is 0 Å². The minimum atomic E-state index is -0.814. The first kappa shape index (κ1) is 11.4. The molecule has 0 aromatic carbocycles. The molecule has 0 aliphatic rings. The zero-order chi connectivity index (χ0) is 9.40. The third-order valence-electron chi connectivity index (χ3n) is 1.62. The Labute approximate surface area is 73.1 Å². The molecule has 0 saturated heterocycles. The van der Waals surface area contributed by atoms with Crippen LogP contribution in [0.1, 0.15) is 26.2 Å². The van der Waals surface area contributed by atoms with Crippen molar-refractivity contribution in [3.8, 4) is 0 Å². The smallest absolute Gasteiger partial charge is 0.304 e. The maximum absolute atomic E-state index is 10.2. The van der Waals surface area contributed by atoms with Crippen LogP contribution in [0.4, 0.5) is 0 Å². The van der Waals surface area contributed by atoms with Crippen LogP contribution in [0.15, 0.2) is 0 Å². The van der Waals surface area contributed by atoms with E-state index in [1.165, 1.54) is 0 Å². The van der Waals surface area contributed by atoms with Crippen LogP contribution in [0.3, 0.4) is 0 Å². The fraction of sp³-hybridized carbons (Fsp3) is 0.875. The largest absolute Gasteiger partial charge is 0.481 e. The number of carboxylic acids is 1. The molecule has 4 N–H and O–H groups in total. The van der Waals surface area contributed by atoms with Gasteiger partial charge in [-0.15, -0.1) is 0 Å². The highest BCUT2D eigenvalue weighted by atomic mass is 16.4. The summed E-state index contributed by atoms with van der Waals surface area (Å²) in [5.74, 6) is -0.814. The topological polar surface area (TPSA) is 75.3 Å². The Hall–Kier alpha value is -0.610. The molecule has 0 aromatic rings. The molecule has 0 heterocycles. The van der Waals surface area contributed by atoms with Gasteiger partial charge >= 0.3 is 5.97 Å². The Balaban J connectivity index is 3.19. The Bertz CT molecular complexity index is 128. The van der Waals surface area contributed by atoms with E-state index in [0.717, 1.165) is 25.9 Å².